The minimum Gasteiger partial charge on any atom is -0.396 e. The van der Waals surface area contributed by atoms with Crippen LogP contribution in [0.2, 0.25) is 0 Å². The molecular formula is C8H17NO6S. The molecule has 0 saturated carbocycles. The third-order valence-corrected chi connectivity index (χ3v) is 3.45. The fourth-order valence-corrected chi connectivity index (χ4v) is 1.70. The molecule has 0 rings (SSSR count). The Morgan fingerprint density at radius 1 is 1.44 bits per heavy atom. The van der Waals surface area contributed by atoms with Gasteiger partial charge in [-0.05, 0) is 0 Å². The zero-order chi connectivity index (χ0) is 13.1. The quantitative estimate of drug-likeness (QED) is 0.409. The highest BCUT2D eigenvalue weighted by Crippen LogP contribution is 2.22. The van der Waals surface area contributed by atoms with E-state index in [2.05, 4.69) is 0 Å². The molecule has 0 aromatic heterocycles. The van der Waals surface area contributed by atoms with Crippen molar-refractivity contribution in [2.24, 2.45) is 11.1 Å². The summed E-state index contributed by atoms with van der Waals surface area (Å²) in [4.78, 5) is 11.5. The standard InChI is InChI=1S/C8H17NO6S/c1-8(2,4-10)7(12)6(11)5(3-9)16(13,14)15/h5,7,10,12H,3-4,9H2,1-2H3,(H,13,14,15)/t5-,7-/m0/s1. The molecule has 8 heteroatoms. The van der Waals surface area contributed by atoms with Crippen molar-refractivity contribution in [1.82, 2.24) is 0 Å². The van der Waals surface area contributed by atoms with Gasteiger partial charge in [0.2, 0.25) is 0 Å². The molecule has 0 aliphatic heterocycles. The number of hydrogen-bond donors (Lipinski definition) is 4. The van der Waals surface area contributed by atoms with Gasteiger partial charge in [0.1, 0.15) is 6.10 Å². The van der Waals surface area contributed by atoms with Gasteiger partial charge in [-0.3, -0.25) is 9.35 Å². The second-order valence-corrected chi connectivity index (χ2v) is 5.79. The van der Waals surface area contributed by atoms with E-state index >= 15 is 0 Å². The van der Waals surface area contributed by atoms with Crippen molar-refractivity contribution >= 4 is 15.9 Å². The van der Waals surface area contributed by atoms with E-state index in [9.17, 15) is 18.3 Å². The number of rotatable bonds is 6. The normalized spacial score (nSPS) is 16.9. The van der Waals surface area contributed by atoms with Crippen LogP contribution in [0.3, 0.4) is 0 Å². The van der Waals surface area contributed by atoms with E-state index < -0.39 is 45.8 Å². The molecule has 0 radical (unpaired) electrons. The van der Waals surface area contributed by atoms with Crippen molar-refractivity contribution in [3.8, 4) is 0 Å². The summed E-state index contributed by atoms with van der Waals surface area (Å²) in [6, 6.07) is 0. The maximum Gasteiger partial charge on any atom is 0.276 e. The Hall–Kier alpha value is -0.540. The minimum atomic E-state index is -4.64. The lowest BCUT2D eigenvalue weighted by atomic mass is 9.84. The van der Waals surface area contributed by atoms with Gasteiger partial charge < -0.3 is 15.9 Å². The molecule has 0 aromatic rings. The lowest BCUT2D eigenvalue weighted by molar-refractivity contribution is -0.134. The Balaban J connectivity index is 5.06. The van der Waals surface area contributed by atoms with Gasteiger partial charge in [-0.1, -0.05) is 13.8 Å². The summed E-state index contributed by atoms with van der Waals surface area (Å²) >= 11 is 0. The van der Waals surface area contributed by atoms with Gasteiger partial charge in [0.25, 0.3) is 10.1 Å². The monoisotopic (exact) mass is 255 g/mol. The molecule has 7 nitrogen and oxygen atoms in total. The van der Waals surface area contributed by atoms with Gasteiger partial charge in [-0.25, -0.2) is 0 Å². The highest BCUT2D eigenvalue weighted by atomic mass is 32.2. The number of carbonyl (C=O) groups excluding carboxylic acids is 1. The van der Waals surface area contributed by atoms with Crippen LogP contribution in [0.5, 0.6) is 0 Å². The molecule has 0 spiro atoms. The Bertz CT molecular complexity index is 350. The number of carbonyl (C=O) groups is 1. The van der Waals surface area contributed by atoms with Crippen LogP contribution in [0.4, 0.5) is 0 Å². The summed E-state index contributed by atoms with van der Waals surface area (Å²) in [5.74, 6) is -1.12. The first-order valence-electron chi connectivity index (χ1n) is 4.57. The van der Waals surface area contributed by atoms with Crippen molar-refractivity contribution in [3.05, 3.63) is 0 Å². The first kappa shape index (κ1) is 15.5. The summed E-state index contributed by atoms with van der Waals surface area (Å²) in [7, 11) is -4.64. The molecule has 0 unspecified atom stereocenters. The number of aliphatic hydroxyl groups is 2. The molecule has 0 saturated heterocycles. The van der Waals surface area contributed by atoms with Crippen LogP contribution in [0.1, 0.15) is 13.8 Å². The molecule has 0 aliphatic rings. The van der Waals surface area contributed by atoms with Crippen LogP contribution < -0.4 is 5.73 Å². The summed E-state index contributed by atoms with van der Waals surface area (Å²) in [5, 5.41) is 16.6. The second-order valence-electron chi connectivity index (χ2n) is 4.19. The van der Waals surface area contributed by atoms with Crippen LogP contribution >= 0.6 is 0 Å². The van der Waals surface area contributed by atoms with E-state index in [1.54, 1.807) is 0 Å². The van der Waals surface area contributed by atoms with E-state index in [1.807, 2.05) is 0 Å². The number of nitrogens with two attached hydrogens (primary N) is 1. The summed E-state index contributed by atoms with van der Waals surface area (Å²) < 4.78 is 30.3. The van der Waals surface area contributed by atoms with E-state index in [4.69, 9.17) is 15.4 Å². The Kier molecular flexibility index (Phi) is 5.02. The van der Waals surface area contributed by atoms with Gasteiger partial charge in [0.05, 0.1) is 6.61 Å². The average Bonchev–Trinajstić information content (AvgIpc) is 2.15. The molecule has 0 bridgehead atoms. The van der Waals surface area contributed by atoms with Crippen molar-refractivity contribution in [2.75, 3.05) is 13.2 Å². The molecule has 16 heavy (non-hydrogen) atoms. The number of ketones is 1. The van der Waals surface area contributed by atoms with Gasteiger partial charge in [0.15, 0.2) is 11.0 Å². The zero-order valence-electron chi connectivity index (χ0n) is 9.12. The highest BCUT2D eigenvalue weighted by Gasteiger charge is 2.40. The van der Waals surface area contributed by atoms with Crippen molar-refractivity contribution in [1.29, 1.82) is 0 Å². The van der Waals surface area contributed by atoms with Crippen molar-refractivity contribution in [2.45, 2.75) is 25.2 Å². The molecule has 0 aliphatic carbocycles. The fourth-order valence-electron chi connectivity index (χ4n) is 1.03. The molecule has 96 valence electrons. The lowest BCUT2D eigenvalue weighted by Crippen LogP contribution is -2.49. The second kappa shape index (κ2) is 5.19. The van der Waals surface area contributed by atoms with Crippen LogP contribution in [0, 0.1) is 5.41 Å². The van der Waals surface area contributed by atoms with Gasteiger partial charge >= 0.3 is 0 Å². The maximum absolute atomic E-state index is 11.5. The number of aliphatic hydroxyl groups excluding tert-OH is 2. The van der Waals surface area contributed by atoms with Gasteiger partial charge in [0, 0.05) is 12.0 Å². The van der Waals surface area contributed by atoms with Crippen molar-refractivity contribution in [3.63, 3.8) is 0 Å². The zero-order valence-corrected chi connectivity index (χ0v) is 9.94. The highest BCUT2D eigenvalue weighted by molar-refractivity contribution is 7.87. The number of Topliss-reactive ketones (excluding diaryl/α,β-unsaturated/α-hetero) is 1. The smallest absolute Gasteiger partial charge is 0.276 e. The van der Waals surface area contributed by atoms with E-state index in [0.29, 0.717) is 0 Å². The molecule has 2 atom stereocenters. The lowest BCUT2D eigenvalue weighted by Gasteiger charge is -2.28. The average molecular weight is 255 g/mol. The number of hydrogen-bond acceptors (Lipinski definition) is 6. The van der Waals surface area contributed by atoms with Crippen LogP contribution in [0.25, 0.3) is 0 Å². The molecule has 0 amide bonds. The van der Waals surface area contributed by atoms with Crippen LogP contribution in [-0.2, 0) is 14.9 Å². The predicted molar refractivity (Wildman–Crippen MR) is 56.3 cm³/mol. The summed E-state index contributed by atoms with van der Waals surface area (Å²) in [6.45, 7) is 1.62. The Morgan fingerprint density at radius 2 is 1.88 bits per heavy atom. The summed E-state index contributed by atoms with van der Waals surface area (Å²) in [6.07, 6.45) is -1.71. The van der Waals surface area contributed by atoms with E-state index in [1.165, 1.54) is 13.8 Å². The minimum absolute atomic E-state index is 0.511. The summed E-state index contributed by atoms with van der Waals surface area (Å²) in [5.41, 5.74) is 3.85. The molecular weight excluding hydrogens is 238 g/mol. The third-order valence-electron chi connectivity index (χ3n) is 2.31. The van der Waals surface area contributed by atoms with E-state index in [0.717, 1.165) is 0 Å². The molecule has 5 N–H and O–H groups in total. The molecule has 0 heterocycles. The van der Waals surface area contributed by atoms with Crippen LogP contribution in [-0.4, -0.2) is 53.5 Å². The Morgan fingerprint density at radius 3 is 2.12 bits per heavy atom. The molecule has 0 aromatic carbocycles. The first-order valence-corrected chi connectivity index (χ1v) is 6.07. The van der Waals surface area contributed by atoms with Gasteiger partial charge in [-0.2, -0.15) is 8.42 Å². The molecule has 0 fully saturated rings. The SMILES string of the molecule is CC(C)(CO)[C@@H](O)C(=O)[C@H](CN)S(=O)(=O)O. The Labute approximate surface area is 94.0 Å². The van der Waals surface area contributed by atoms with Gasteiger partial charge in [-0.15, -0.1) is 0 Å². The largest absolute Gasteiger partial charge is 0.396 e. The fraction of sp³-hybridized carbons (Fsp3) is 0.875. The van der Waals surface area contributed by atoms with Crippen LogP contribution in [0.15, 0.2) is 0 Å². The predicted octanol–water partition coefficient (Wildman–Crippen LogP) is -1.85. The van der Waals surface area contributed by atoms with Crippen molar-refractivity contribution < 1.29 is 28.0 Å². The topological polar surface area (TPSA) is 138 Å². The third kappa shape index (κ3) is 3.49. The maximum atomic E-state index is 11.5. The first-order chi connectivity index (χ1) is 7.07. The van der Waals surface area contributed by atoms with E-state index in [-0.39, 0.29) is 0 Å².